The molecule has 1 fully saturated rings. The highest BCUT2D eigenvalue weighted by Gasteiger charge is 2.37. The number of hydrogen-bond donors (Lipinski definition) is 2. The van der Waals surface area contributed by atoms with Gasteiger partial charge in [0.2, 0.25) is 5.91 Å². The highest BCUT2D eigenvalue weighted by Crippen LogP contribution is 2.39. The van der Waals surface area contributed by atoms with E-state index >= 15 is 0 Å². The number of carbonyl (C=O) groups is 1. The van der Waals surface area contributed by atoms with Crippen molar-refractivity contribution in [1.82, 2.24) is 19.8 Å². The lowest BCUT2D eigenvalue weighted by Gasteiger charge is -2.22. The van der Waals surface area contributed by atoms with Gasteiger partial charge in [0.25, 0.3) is 5.56 Å². The first-order valence-electron chi connectivity index (χ1n) is 12.2. The molecule has 3 aromatic rings. The summed E-state index contributed by atoms with van der Waals surface area (Å²) in [6.07, 6.45) is -4.27. The van der Waals surface area contributed by atoms with Gasteiger partial charge in [0.15, 0.2) is 9.84 Å². The van der Waals surface area contributed by atoms with Crippen LogP contribution in [0.25, 0.3) is 10.9 Å². The Balaban J connectivity index is 1.84. The topological polar surface area (TPSA) is 121 Å². The number of nitrogens with one attached hydrogen (secondary N) is 2. The molecule has 216 valence electrons. The fourth-order valence-corrected chi connectivity index (χ4v) is 6.81. The lowest BCUT2D eigenvalue weighted by atomic mass is 10.0. The van der Waals surface area contributed by atoms with Gasteiger partial charge in [-0.1, -0.05) is 18.5 Å². The van der Waals surface area contributed by atoms with Crippen LogP contribution in [0.4, 0.5) is 13.2 Å². The molecule has 0 radical (unpaired) electrons. The average molecular weight is 666 g/mol. The first-order chi connectivity index (χ1) is 18.6. The van der Waals surface area contributed by atoms with E-state index in [0.717, 1.165) is 0 Å². The molecule has 1 aliphatic rings. The highest BCUT2D eigenvalue weighted by atomic mass is 79.9. The van der Waals surface area contributed by atoms with E-state index < -0.39 is 44.8 Å². The van der Waals surface area contributed by atoms with Crippen molar-refractivity contribution in [2.24, 2.45) is 0 Å². The molecule has 0 saturated carbocycles. The van der Waals surface area contributed by atoms with E-state index in [0.29, 0.717) is 30.1 Å². The van der Waals surface area contributed by atoms with Crippen LogP contribution >= 0.6 is 27.5 Å². The lowest BCUT2D eigenvalue weighted by molar-refractivity contribution is -0.138. The van der Waals surface area contributed by atoms with Gasteiger partial charge in [0, 0.05) is 42.1 Å². The van der Waals surface area contributed by atoms with Crippen LogP contribution in [-0.2, 0) is 33.9 Å². The Hall–Kier alpha value is -2.68. The second kappa shape index (κ2) is 11.3. The molecule has 9 nitrogen and oxygen atoms in total. The van der Waals surface area contributed by atoms with Gasteiger partial charge < -0.3 is 10.3 Å². The number of likely N-dealkylation sites (tertiary alicyclic amines) is 1. The summed E-state index contributed by atoms with van der Waals surface area (Å²) in [6.45, 7) is 2.89. The van der Waals surface area contributed by atoms with Crippen molar-refractivity contribution in [3.63, 3.8) is 0 Å². The zero-order chi connectivity index (χ0) is 29.6. The molecule has 0 unspecified atom stereocenters. The zero-order valence-electron chi connectivity index (χ0n) is 21.4. The molecule has 0 spiro atoms. The molecule has 2 aromatic carbocycles. The third-order valence-electron chi connectivity index (χ3n) is 6.75. The predicted molar refractivity (Wildman–Crippen MR) is 147 cm³/mol. The number of aromatic amines is 1. The van der Waals surface area contributed by atoms with Crippen molar-refractivity contribution < 1.29 is 26.4 Å². The van der Waals surface area contributed by atoms with E-state index in [9.17, 15) is 36.0 Å². The summed E-state index contributed by atoms with van der Waals surface area (Å²) in [5, 5.41) is 2.51. The zero-order valence-corrected chi connectivity index (χ0v) is 24.5. The molecule has 1 aliphatic heterocycles. The third kappa shape index (κ3) is 6.14. The van der Waals surface area contributed by atoms with Crippen LogP contribution < -0.4 is 16.6 Å². The van der Waals surface area contributed by atoms with Gasteiger partial charge in [-0.3, -0.25) is 19.1 Å². The molecule has 0 aliphatic carbocycles. The van der Waals surface area contributed by atoms with Crippen molar-refractivity contribution >= 4 is 54.2 Å². The first-order valence-corrected chi connectivity index (χ1v) is 15.0. The van der Waals surface area contributed by atoms with Crippen molar-refractivity contribution in [2.75, 3.05) is 18.8 Å². The summed E-state index contributed by atoms with van der Waals surface area (Å²) in [7, 11) is -3.77. The monoisotopic (exact) mass is 664 g/mol. The second-order valence-electron chi connectivity index (χ2n) is 9.54. The smallest absolute Gasteiger partial charge is 0.352 e. The van der Waals surface area contributed by atoms with Crippen LogP contribution in [0.1, 0.15) is 37.0 Å². The van der Waals surface area contributed by atoms with Crippen LogP contribution in [0.3, 0.4) is 0 Å². The normalized spacial score (nSPS) is 16.5. The maximum absolute atomic E-state index is 14.2. The Bertz CT molecular complexity index is 1720. The minimum atomic E-state index is -4.83. The Labute approximate surface area is 240 Å². The average Bonchev–Trinajstić information content (AvgIpc) is 3.29. The number of benzene rings is 2. The Morgan fingerprint density at radius 3 is 2.55 bits per heavy atom. The fraction of sp³-hybridized carbons (Fsp3) is 0.400. The largest absolute Gasteiger partial charge is 0.416 e. The number of sulfone groups is 1. The quantitative estimate of drug-likeness (QED) is 0.398. The van der Waals surface area contributed by atoms with Gasteiger partial charge in [-0.15, -0.1) is 0 Å². The highest BCUT2D eigenvalue weighted by molar-refractivity contribution is 9.10. The van der Waals surface area contributed by atoms with Gasteiger partial charge in [-0.05, 0) is 57.7 Å². The van der Waals surface area contributed by atoms with Crippen LogP contribution in [0.15, 0.2) is 43.2 Å². The van der Waals surface area contributed by atoms with Gasteiger partial charge in [0.1, 0.15) is 0 Å². The second-order valence-corrected chi connectivity index (χ2v) is 13.0. The van der Waals surface area contributed by atoms with Gasteiger partial charge in [-0.2, -0.15) is 13.2 Å². The number of hydrogen-bond acceptors (Lipinski definition) is 6. The molecule has 0 bridgehead atoms. The summed E-state index contributed by atoms with van der Waals surface area (Å²) in [5.41, 5.74) is -3.24. The number of rotatable bonds is 7. The summed E-state index contributed by atoms with van der Waals surface area (Å²) >= 11 is 9.23. The van der Waals surface area contributed by atoms with E-state index in [4.69, 9.17) is 11.6 Å². The number of H-pyrrole nitrogens is 1. The molecular formula is C25H25BrClF3N4O5S. The Morgan fingerprint density at radius 2 is 1.93 bits per heavy atom. The lowest BCUT2D eigenvalue weighted by Crippen LogP contribution is -2.36. The van der Waals surface area contributed by atoms with E-state index in [-0.39, 0.29) is 55.3 Å². The van der Waals surface area contributed by atoms with Gasteiger partial charge in [0.05, 0.1) is 33.7 Å². The van der Waals surface area contributed by atoms with Crippen molar-refractivity contribution in [3.05, 3.63) is 71.3 Å². The number of amides is 1. The molecule has 2 N–H and O–H groups in total. The first kappa shape index (κ1) is 30.3. The number of alkyl halides is 3. The maximum atomic E-state index is 14.2. The SMILES string of the molecule is CCS(=O)(=O)c1ccc(Cl)cc1Cn1c(=O)[nH]c2c(Br)c(CN3CC[C@@H](NC(C)=O)C3)c(C(F)(F)F)cc2c1=O. The van der Waals surface area contributed by atoms with E-state index in [1.165, 1.54) is 32.0 Å². The molecule has 1 aromatic heterocycles. The molecule has 40 heavy (non-hydrogen) atoms. The van der Waals surface area contributed by atoms with E-state index in [2.05, 4.69) is 26.2 Å². The minimum absolute atomic E-state index is 0.0517. The maximum Gasteiger partial charge on any atom is 0.416 e. The number of nitrogens with zero attached hydrogens (tertiary/aromatic N) is 2. The summed E-state index contributed by atoms with van der Waals surface area (Å²) in [6, 6.07) is 4.41. The molecular weight excluding hydrogens is 641 g/mol. The van der Waals surface area contributed by atoms with Crippen LogP contribution in [0, 0.1) is 0 Å². The molecule has 1 atom stereocenters. The van der Waals surface area contributed by atoms with Crippen molar-refractivity contribution in [3.8, 4) is 0 Å². The molecule has 2 heterocycles. The van der Waals surface area contributed by atoms with E-state index in [1.54, 1.807) is 4.90 Å². The number of halogens is 5. The van der Waals surface area contributed by atoms with Crippen LogP contribution in [0.2, 0.25) is 5.02 Å². The van der Waals surface area contributed by atoms with Crippen molar-refractivity contribution in [1.29, 1.82) is 0 Å². The number of fused-ring (bicyclic) bond motifs is 1. The number of carbonyl (C=O) groups excluding carboxylic acids is 1. The number of aromatic nitrogens is 2. The Morgan fingerprint density at radius 1 is 1.23 bits per heavy atom. The molecule has 1 saturated heterocycles. The minimum Gasteiger partial charge on any atom is -0.352 e. The standard InChI is InChI=1S/C25H25BrClF3N4O5S/c1-3-40(38,39)20-5-4-15(27)8-14(20)10-34-23(36)17-9-19(25(28,29)30)18(21(26)22(17)32-24(34)37)12-33-7-6-16(11-33)31-13(2)35/h4-5,8-9,16H,3,6-7,10-12H2,1-2H3,(H,31,35)(H,32,37)/t16-/m1/s1. The van der Waals surface area contributed by atoms with Crippen LogP contribution in [0.5, 0.6) is 0 Å². The third-order valence-corrected chi connectivity index (χ3v) is 9.69. The molecule has 1 amide bonds. The van der Waals surface area contributed by atoms with Gasteiger partial charge >= 0.3 is 11.9 Å². The molecule has 4 rings (SSSR count). The van der Waals surface area contributed by atoms with Crippen molar-refractivity contribution in [2.45, 2.75) is 50.5 Å². The summed E-state index contributed by atoms with van der Waals surface area (Å²) in [5.74, 6) is -0.488. The van der Waals surface area contributed by atoms with Crippen LogP contribution in [-0.4, -0.2) is 53.7 Å². The summed E-state index contributed by atoms with van der Waals surface area (Å²) < 4.78 is 68.5. The fourth-order valence-electron chi connectivity index (χ4n) is 4.85. The molecule has 15 heteroatoms. The summed E-state index contributed by atoms with van der Waals surface area (Å²) in [4.78, 5) is 41.9. The van der Waals surface area contributed by atoms with E-state index in [1.807, 2.05) is 0 Å². The predicted octanol–water partition coefficient (Wildman–Crippen LogP) is 3.68. The van der Waals surface area contributed by atoms with Gasteiger partial charge in [-0.25, -0.2) is 13.2 Å². The Kier molecular flexibility index (Phi) is 8.56.